The van der Waals surface area contributed by atoms with E-state index < -0.39 is 46.9 Å². The Labute approximate surface area is 338 Å². The third-order valence-corrected chi connectivity index (χ3v) is 11.2. The second kappa shape index (κ2) is 15.0. The molecule has 6 heterocycles. The van der Waals surface area contributed by atoms with Gasteiger partial charge in [0, 0.05) is 68.3 Å². The minimum absolute atomic E-state index is 0.00242. The number of aryl methyl sites for hydroxylation is 1. The van der Waals surface area contributed by atoms with Crippen molar-refractivity contribution >= 4 is 57.8 Å². The molecule has 1 saturated heterocycles. The van der Waals surface area contributed by atoms with Crippen LogP contribution in [-0.2, 0) is 38.7 Å². The number of hydrogen-bond acceptors (Lipinski definition) is 10. The second-order valence-corrected chi connectivity index (χ2v) is 15.5. The predicted molar refractivity (Wildman–Crippen MR) is 215 cm³/mol. The molecule has 7 amide bonds. The monoisotopic (exact) mass is 795 g/mol. The van der Waals surface area contributed by atoms with Crippen LogP contribution in [0.2, 0.25) is 0 Å². The molecule has 0 spiro atoms. The Morgan fingerprint density at radius 1 is 0.932 bits per heavy atom. The molecule has 0 radical (unpaired) electrons. The predicted octanol–water partition coefficient (Wildman–Crippen LogP) is 3.88. The lowest BCUT2D eigenvalue weighted by atomic mass is 9.91. The van der Waals surface area contributed by atoms with Crippen LogP contribution in [0.4, 0.5) is 5.69 Å². The van der Waals surface area contributed by atoms with E-state index in [4.69, 9.17) is 9.97 Å². The molecule has 1 fully saturated rings. The molecule has 59 heavy (non-hydrogen) atoms. The number of pyridine rings is 2. The molecule has 3 aliphatic heterocycles. The molecule has 0 aliphatic carbocycles. The Bertz CT molecular complexity index is 2630. The quantitative estimate of drug-likeness (QED) is 0.184. The van der Waals surface area contributed by atoms with Gasteiger partial charge in [-0.1, -0.05) is 31.2 Å². The van der Waals surface area contributed by atoms with Crippen molar-refractivity contribution in [3.8, 4) is 22.5 Å². The summed E-state index contributed by atoms with van der Waals surface area (Å²) in [5.41, 5.74) is 3.15. The number of fused-ring (bicyclic) bond motifs is 3. The lowest BCUT2D eigenvalue weighted by Gasteiger charge is -2.28. The number of carbonyl (C=O) groups excluding carboxylic acids is 7. The number of aromatic nitrogens is 4. The molecule has 16 nitrogen and oxygen atoms in total. The molecule has 3 aliphatic rings. The van der Waals surface area contributed by atoms with Crippen molar-refractivity contribution in [2.45, 2.75) is 66.1 Å². The van der Waals surface area contributed by atoms with Crippen molar-refractivity contribution in [3.63, 3.8) is 0 Å². The molecule has 1 atom stereocenters. The number of benzene rings is 2. The van der Waals surface area contributed by atoms with Gasteiger partial charge in [-0.25, -0.2) is 4.98 Å². The highest BCUT2D eigenvalue weighted by atomic mass is 16.2. The Morgan fingerprint density at radius 3 is 2.44 bits per heavy atom. The first-order valence-electron chi connectivity index (χ1n) is 19.4. The van der Waals surface area contributed by atoms with Crippen LogP contribution in [0.3, 0.4) is 0 Å². The van der Waals surface area contributed by atoms with Crippen LogP contribution in [0.25, 0.3) is 33.3 Å². The summed E-state index contributed by atoms with van der Waals surface area (Å²) >= 11 is 0. The van der Waals surface area contributed by atoms with E-state index in [0.29, 0.717) is 30.9 Å². The molecule has 3 N–H and O–H groups in total. The number of nitrogens with zero attached hydrogens (tertiary/aromatic N) is 6. The van der Waals surface area contributed by atoms with E-state index in [2.05, 4.69) is 32.4 Å². The topological polar surface area (TPSA) is 206 Å². The number of hydrogen-bond donors (Lipinski definition) is 3. The van der Waals surface area contributed by atoms with Crippen LogP contribution in [-0.4, -0.2) is 89.8 Å². The largest absolute Gasteiger partial charge is 0.350 e. The van der Waals surface area contributed by atoms with Gasteiger partial charge < -0.3 is 20.1 Å². The van der Waals surface area contributed by atoms with Gasteiger partial charge in [-0.2, -0.15) is 0 Å². The van der Waals surface area contributed by atoms with Gasteiger partial charge in [0.15, 0.2) is 0 Å². The smallest absolute Gasteiger partial charge is 0.269 e. The van der Waals surface area contributed by atoms with Crippen LogP contribution in [0.1, 0.15) is 83.3 Å². The lowest BCUT2D eigenvalue weighted by molar-refractivity contribution is -0.136. The van der Waals surface area contributed by atoms with Crippen molar-refractivity contribution in [2.24, 2.45) is 5.41 Å². The fourth-order valence-corrected chi connectivity index (χ4v) is 7.80. The van der Waals surface area contributed by atoms with E-state index in [-0.39, 0.29) is 47.8 Å². The van der Waals surface area contributed by atoms with E-state index in [9.17, 15) is 33.6 Å². The number of imide groups is 2. The molecule has 300 valence electrons. The van der Waals surface area contributed by atoms with Gasteiger partial charge in [-0.05, 0) is 56.0 Å². The van der Waals surface area contributed by atoms with E-state index >= 15 is 0 Å². The Kier molecular flexibility index (Phi) is 9.86. The molecule has 0 saturated carbocycles. The van der Waals surface area contributed by atoms with Crippen molar-refractivity contribution in [1.82, 2.24) is 40.0 Å². The molecular weight excluding hydrogens is 755 g/mol. The minimum Gasteiger partial charge on any atom is -0.350 e. The minimum atomic E-state index is -1.18. The van der Waals surface area contributed by atoms with E-state index in [1.54, 1.807) is 39.1 Å². The van der Waals surface area contributed by atoms with E-state index in [1.165, 1.54) is 18.2 Å². The summed E-state index contributed by atoms with van der Waals surface area (Å²) in [6.07, 6.45) is 4.13. The number of amides is 7. The maximum atomic E-state index is 13.5. The third-order valence-electron chi connectivity index (χ3n) is 11.2. The molecule has 8 rings (SSSR count). The van der Waals surface area contributed by atoms with Crippen LogP contribution >= 0.6 is 0 Å². The Morgan fingerprint density at radius 2 is 1.71 bits per heavy atom. The summed E-state index contributed by atoms with van der Waals surface area (Å²) < 4.78 is 2.22. The summed E-state index contributed by atoms with van der Waals surface area (Å²) in [5.74, 6) is -2.68. The summed E-state index contributed by atoms with van der Waals surface area (Å²) in [5, 5.41) is 9.52. The lowest BCUT2D eigenvalue weighted by Crippen LogP contribution is -2.54. The molecule has 5 aromatic rings. The van der Waals surface area contributed by atoms with Crippen LogP contribution in [0.15, 0.2) is 67.0 Å². The summed E-state index contributed by atoms with van der Waals surface area (Å²) in [6.45, 7) is 8.65. The van der Waals surface area contributed by atoms with Gasteiger partial charge in [-0.15, -0.1) is 0 Å². The third kappa shape index (κ3) is 7.00. The van der Waals surface area contributed by atoms with E-state index in [1.807, 2.05) is 35.4 Å². The van der Waals surface area contributed by atoms with Gasteiger partial charge >= 0.3 is 0 Å². The average molecular weight is 796 g/mol. The normalized spacial score (nSPS) is 16.5. The molecule has 2 aromatic carbocycles. The summed E-state index contributed by atoms with van der Waals surface area (Å²) in [4.78, 5) is 107. The molecule has 16 heteroatoms. The first-order valence-corrected chi connectivity index (χ1v) is 19.4. The summed E-state index contributed by atoms with van der Waals surface area (Å²) in [7, 11) is 0. The van der Waals surface area contributed by atoms with Gasteiger partial charge in [0.2, 0.25) is 23.6 Å². The highest BCUT2D eigenvalue weighted by Crippen LogP contribution is 2.36. The number of anilines is 1. The fraction of sp³-hybridized carbons (Fsp3) is 0.302. The number of imidazole rings is 1. The van der Waals surface area contributed by atoms with Crippen LogP contribution in [0.5, 0.6) is 0 Å². The standard InChI is InChI=1S/C43H41N9O7/c1-5-34-48-37(33-21-50(23(2)53)16-17-51(33)34)26-9-6-8-24-18-31(45-20-28(24)26)25-12-13-30(44-19-25)38(55)46-22-43(3,4)42(59)47-29-11-7-10-27-36(29)41(58)52(40(27)57)32-14-15-35(54)49-39(32)56/h6-13,18-20,32H,5,14-17,21-22H2,1-4H3,(H,46,55)(H,47,59)(H,49,54,56). The van der Waals surface area contributed by atoms with Crippen molar-refractivity contribution in [3.05, 3.63) is 95.3 Å². The van der Waals surface area contributed by atoms with E-state index in [0.717, 1.165) is 44.9 Å². The van der Waals surface area contributed by atoms with Gasteiger partial charge in [0.25, 0.3) is 17.7 Å². The fourth-order valence-electron chi connectivity index (χ4n) is 7.80. The Hall–Kier alpha value is -7.10. The molecule has 3 aromatic heterocycles. The highest BCUT2D eigenvalue weighted by molar-refractivity contribution is 6.26. The second-order valence-electron chi connectivity index (χ2n) is 15.5. The highest BCUT2D eigenvalue weighted by Gasteiger charge is 2.46. The maximum Gasteiger partial charge on any atom is 0.269 e. The number of piperidine rings is 1. The zero-order valence-electron chi connectivity index (χ0n) is 32.9. The van der Waals surface area contributed by atoms with Gasteiger partial charge in [0.1, 0.15) is 17.6 Å². The number of rotatable bonds is 9. The maximum absolute atomic E-state index is 13.5. The zero-order valence-corrected chi connectivity index (χ0v) is 32.9. The van der Waals surface area contributed by atoms with Crippen molar-refractivity contribution in [2.75, 3.05) is 18.4 Å². The molecule has 1 unspecified atom stereocenters. The van der Waals surface area contributed by atoms with Gasteiger partial charge in [0.05, 0.1) is 45.9 Å². The van der Waals surface area contributed by atoms with Crippen molar-refractivity contribution < 1.29 is 33.6 Å². The molecular formula is C43H41N9O7. The first-order chi connectivity index (χ1) is 28.2. The van der Waals surface area contributed by atoms with Gasteiger partial charge in [-0.3, -0.25) is 53.7 Å². The zero-order chi connectivity index (χ0) is 41.7. The number of carbonyl (C=O) groups is 7. The Balaban J connectivity index is 0.935. The van der Waals surface area contributed by atoms with Crippen LogP contribution < -0.4 is 16.0 Å². The molecule has 0 bridgehead atoms. The van der Waals surface area contributed by atoms with Crippen LogP contribution in [0, 0.1) is 5.41 Å². The SMILES string of the molecule is CCc1nc(-c2cccc3cc(-c4ccc(C(=O)NCC(C)(C)C(=O)Nc5cccc6c5C(=O)N(C5CCC(=O)NC5=O)C6=O)nc4)ncc23)c2n1CCN(C(C)=O)C2. The first kappa shape index (κ1) is 38.8. The summed E-state index contributed by atoms with van der Waals surface area (Å²) in [6, 6.07) is 14.6. The van der Waals surface area contributed by atoms with Crippen molar-refractivity contribution in [1.29, 1.82) is 0 Å². The number of nitrogens with one attached hydrogen (secondary N) is 3. The average Bonchev–Trinajstić information content (AvgIpc) is 3.73.